The molecule has 0 fully saturated rings. The Morgan fingerprint density at radius 3 is 2.24 bits per heavy atom. The average molecular weight is 377 g/mol. The molecule has 0 aromatic heterocycles. The molecule has 7 heteroatoms. The second-order valence-electron chi connectivity index (χ2n) is 6.11. The third kappa shape index (κ3) is 3.48. The number of sulfone groups is 1. The quantitative estimate of drug-likeness (QED) is 0.821. The summed E-state index contributed by atoms with van der Waals surface area (Å²) in [4.78, 5) is 0.130. The van der Waals surface area contributed by atoms with E-state index in [-0.39, 0.29) is 10.6 Å². The lowest BCUT2D eigenvalue weighted by molar-refractivity contribution is 0.586. The molecule has 5 nitrogen and oxygen atoms in total. The lowest BCUT2D eigenvalue weighted by Crippen LogP contribution is -2.41. The van der Waals surface area contributed by atoms with Crippen molar-refractivity contribution >= 4 is 25.5 Å². The molecule has 0 bridgehead atoms. The summed E-state index contributed by atoms with van der Waals surface area (Å²) in [5, 5.41) is 1.09. The molecule has 0 radical (unpaired) electrons. The number of hydrogen-bond donors (Lipinski definition) is 0. The topological polar surface area (TPSA) is 71.5 Å². The summed E-state index contributed by atoms with van der Waals surface area (Å²) >= 11 is 0. The van der Waals surface area contributed by atoms with Gasteiger partial charge in [0.2, 0.25) is 0 Å². The van der Waals surface area contributed by atoms with Gasteiger partial charge in [0, 0.05) is 5.41 Å². The zero-order chi connectivity index (χ0) is 18.2. The fraction of sp³-hybridized carbons (Fsp3) is 0.222. The third-order valence-corrected chi connectivity index (χ3v) is 7.50. The monoisotopic (exact) mass is 377 g/mol. The van der Waals surface area contributed by atoms with E-state index in [1.807, 2.05) is 19.9 Å². The van der Waals surface area contributed by atoms with Crippen LogP contribution < -0.4 is 4.31 Å². The van der Waals surface area contributed by atoms with E-state index in [9.17, 15) is 16.8 Å². The summed E-state index contributed by atoms with van der Waals surface area (Å²) in [5.41, 5.74) is 2.43. The number of rotatable bonds is 4. The molecule has 1 aliphatic rings. The lowest BCUT2D eigenvalue weighted by Gasteiger charge is -2.29. The fourth-order valence-electron chi connectivity index (χ4n) is 2.78. The van der Waals surface area contributed by atoms with Crippen LogP contribution in [-0.4, -0.2) is 28.6 Å². The second kappa shape index (κ2) is 6.31. The molecule has 0 saturated carbocycles. The number of hydrogen-bond acceptors (Lipinski definition) is 4. The molecule has 3 rings (SSSR count). The highest BCUT2D eigenvalue weighted by Crippen LogP contribution is 2.30. The van der Waals surface area contributed by atoms with Gasteiger partial charge in [0.25, 0.3) is 10.0 Å². The van der Waals surface area contributed by atoms with Crippen molar-refractivity contribution in [1.29, 1.82) is 0 Å². The van der Waals surface area contributed by atoms with Gasteiger partial charge in [-0.25, -0.2) is 16.8 Å². The van der Waals surface area contributed by atoms with E-state index in [1.165, 1.54) is 22.5 Å². The highest BCUT2D eigenvalue weighted by molar-refractivity contribution is 7.95. The van der Waals surface area contributed by atoms with Crippen LogP contribution in [0.25, 0.3) is 0 Å². The Morgan fingerprint density at radius 2 is 1.68 bits per heavy atom. The van der Waals surface area contributed by atoms with E-state index in [0.29, 0.717) is 5.69 Å². The molecular weight excluding hydrogens is 358 g/mol. The molecule has 0 amide bonds. The average Bonchev–Trinajstić information content (AvgIpc) is 2.91. The Bertz CT molecular complexity index is 1030. The molecule has 2 aromatic rings. The summed E-state index contributed by atoms with van der Waals surface area (Å²) in [6.45, 7) is 3.84. The lowest BCUT2D eigenvalue weighted by atomic mass is 10.1. The van der Waals surface area contributed by atoms with Crippen molar-refractivity contribution < 1.29 is 16.8 Å². The van der Waals surface area contributed by atoms with Crippen LogP contribution in [0.3, 0.4) is 0 Å². The van der Waals surface area contributed by atoms with Crippen LogP contribution >= 0.6 is 0 Å². The minimum atomic E-state index is -3.90. The van der Waals surface area contributed by atoms with Gasteiger partial charge in [0.05, 0.1) is 22.4 Å². The van der Waals surface area contributed by atoms with E-state index >= 15 is 0 Å². The largest absolute Gasteiger partial charge is 0.264 e. The van der Waals surface area contributed by atoms with Crippen molar-refractivity contribution in [2.24, 2.45) is 0 Å². The van der Waals surface area contributed by atoms with Crippen LogP contribution in [0.1, 0.15) is 11.1 Å². The van der Waals surface area contributed by atoms with Crippen molar-refractivity contribution in [2.75, 3.05) is 10.1 Å². The van der Waals surface area contributed by atoms with Gasteiger partial charge in [-0.05, 0) is 55.3 Å². The number of aryl methyl sites for hydroxylation is 2. The van der Waals surface area contributed by atoms with E-state index < -0.39 is 25.9 Å². The van der Waals surface area contributed by atoms with Crippen LogP contribution in [0.15, 0.2) is 64.9 Å². The van der Waals surface area contributed by atoms with Crippen molar-refractivity contribution in [3.8, 4) is 0 Å². The zero-order valence-corrected chi connectivity index (χ0v) is 15.6. The Labute approximate surface area is 148 Å². The Morgan fingerprint density at radius 1 is 1.00 bits per heavy atom. The van der Waals surface area contributed by atoms with Crippen molar-refractivity contribution in [1.82, 2.24) is 0 Å². The van der Waals surface area contributed by atoms with Crippen molar-refractivity contribution in [3.63, 3.8) is 0 Å². The number of anilines is 1. The normalized spacial score (nSPS) is 19.0. The maximum absolute atomic E-state index is 13.2. The fourth-order valence-corrected chi connectivity index (χ4v) is 5.77. The summed E-state index contributed by atoms with van der Waals surface area (Å²) in [6.07, 6.45) is 1.44. The molecule has 1 unspecified atom stereocenters. The summed E-state index contributed by atoms with van der Waals surface area (Å²) in [5.74, 6) is -0.258. The van der Waals surface area contributed by atoms with Gasteiger partial charge in [0.1, 0.15) is 0 Å². The van der Waals surface area contributed by atoms with E-state index in [1.54, 1.807) is 30.3 Å². The molecule has 1 atom stereocenters. The number of benzene rings is 2. The van der Waals surface area contributed by atoms with E-state index in [2.05, 4.69) is 0 Å². The van der Waals surface area contributed by atoms with Crippen LogP contribution in [-0.2, 0) is 19.9 Å². The zero-order valence-electron chi connectivity index (χ0n) is 14.0. The maximum Gasteiger partial charge on any atom is 0.264 e. The predicted octanol–water partition coefficient (Wildman–Crippen LogP) is 2.81. The molecule has 0 saturated heterocycles. The Balaban J connectivity index is 2.16. The van der Waals surface area contributed by atoms with Gasteiger partial charge in [-0.2, -0.15) is 0 Å². The highest BCUT2D eigenvalue weighted by Gasteiger charge is 2.35. The first-order chi connectivity index (χ1) is 11.7. The van der Waals surface area contributed by atoms with E-state index in [4.69, 9.17) is 0 Å². The Kier molecular flexibility index (Phi) is 4.47. The third-order valence-electron chi connectivity index (χ3n) is 4.26. The summed E-state index contributed by atoms with van der Waals surface area (Å²) in [6, 6.07) is 12.6. The van der Waals surface area contributed by atoms with Gasteiger partial charge >= 0.3 is 0 Å². The van der Waals surface area contributed by atoms with Crippen LogP contribution in [0.2, 0.25) is 0 Å². The highest BCUT2D eigenvalue weighted by atomic mass is 32.2. The van der Waals surface area contributed by atoms with Gasteiger partial charge in [0.15, 0.2) is 9.84 Å². The minimum absolute atomic E-state index is 0.130. The van der Waals surface area contributed by atoms with Gasteiger partial charge in [-0.15, -0.1) is 0 Å². The van der Waals surface area contributed by atoms with Crippen molar-refractivity contribution in [3.05, 3.63) is 71.1 Å². The first kappa shape index (κ1) is 17.7. The molecule has 132 valence electrons. The van der Waals surface area contributed by atoms with Gasteiger partial charge < -0.3 is 0 Å². The number of sulfonamides is 1. The molecule has 1 heterocycles. The first-order valence-electron chi connectivity index (χ1n) is 7.78. The number of nitrogens with zero attached hydrogens (tertiary/aromatic N) is 1. The maximum atomic E-state index is 13.2. The SMILES string of the molecule is Cc1ccc(N(C2C=CS(=O)(=O)C2)S(=O)(=O)c2ccccc2)cc1C. The van der Waals surface area contributed by atoms with Crippen molar-refractivity contribution in [2.45, 2.75) is 24.8 Å². The smallest absolute Gasteiger partial charge is 0.258 e. The van der Waals surface area contributed by atoms with E-state index in [0.717, 1.165) is 16.5 Å². The molecule has 0 N–H and O–H groups in total. The van der Waals surface area contributed by atoms with Crippen LogP contribution in [0.4, 0.5) is 5.69 Å². The van der Waals surface area contributed by atoms with Crippen LogP contribution in [0, 0.1) is 13.8 Å². The summed E-state index contributed by atoms with van der Waals surface area (Å²) < 4.78 is 51.4. The van der Waals surface area contributed by atoms with Gasteiger partial charge in [-0.3, -0.25) is 4.31 Å². The molecule has 1 aliphatic heterocycles. The summed E-state index contributed by atoms with van der Waals surface area (Å²) in [7, 11) is -7.30. The first-order valence-corrected chi connectivity index (χ1v) is 10.9. The van der Waals surface area contributed by atoms with Crippen LogP contribution in [0.5, 0.6) is 0 Å². The molecule has 2 aromatic carbocycles. The molecule has 0 spiro atoms. The molecular formula is C18H19NO4S2. The van der Waals surface area contributed by atoms with Gasteiger partial charge in [-0.1, -0.05) is 24.3 Å². The standard InChI is InChI=1S/C18H19NO4S2/c1-14-8-9-16(12-15(14)2)19(17-10-11-24(20,21)13-17)25(22,23)18-6-4-3-5-7-18/h3-12,17H,13H2,1-2H3. The predicted molar refractivity (Wildman–Crippen MR) is 98.7 cm³/mol. The molecule has 25 heavy (non-hydrogen) atoms. The molecule has 0 aliphatic carbocycles. The second-order valence-corrected chi connectivity index (χ2v) is 9.85. The minimum Gasteiger partial charge on any atom is -0.258 e. The Hall–Kier alpha value is -2.12.